The molecule has 8 nitrogen and oxygen atoms in total. The number of nitrogens with two attached hydrogens (primary N) is 1. The molecular weight excluding hydrogens is 574 g/mol. The van der Waals surface area contributed by atoms with Crippen LogP contribution in [0.1, 0.15) is 50.7 Å². The fourth-order valence-corrected chi connectivity index (χ4v) is 5.68. The molecule has 0 aliphatic carbocycles. The van der Waals surface area contributed by atoms with Gasteiger partial charge >= 0.3 is 0 Å². The normalized spacial score (nSPS) is 15.2. The number of nitrogens with one attached hydrogen (secondary N) is 1. The van der Waals surface area contributed by atoms with E-state index in [2.05, 4.69) is 17.6 Å². The summed E-state index contributed by atoms with van der Waals surface area (Å²) < 4.78 is 0. The van der Waals surface area contributed by atoms with Crippen LogP contribution >= 0.6 is 0 Å². The smallest absolute Gasteiger partial charge is 0.257 e. The van der Waals surface area contributed by atoms with Crippen LogP contribution in [0, 0.1) is 0 Å². The second-order valence-electron chi connectivity index (χ2n) is 13.0. The number of benzene rings is 3. The quantitative estimate of drug-likeness (QED) is 0.262. The Kier molecular flexibility index (Phi) is 12.3. The summed E-state index contributed by atoms with van der Waals surface area (Å²) in [7, 11) is 3.32. The van der Waals surface area contributed by atoms with Gasteiger partial charge < -0.3 is 15.5 Å². The van der Waals surface area contributed by atoms with Crippen molar-refractivity contribution in [3.63, 3.8) is 0 Å². The number of nitrogens with zero attached hydrogens (tertiary/aromatic N) is 3. The number of amides is 3. The minimum atomic E-state index is -0.836. The van der Waals surface area contributed by atoms with Gasteiger partial charge in [0.25, 0.3) is 5.91 Å². The summed E-state index contributed by atoms with van der Waals surface area (Å²) >= 11 is 0. The van der Waals surface area contributed by atoms with E-state index in [9.17, 15) is 14.4 Å². The van der Waals surface area contributed by atoms with Gasteiger partial charge in [0.2, 0.25) is 11.8 Å². The van der Waals surface area contributed by atoms with Crippen molar-refractivity contribution in [3.05, 3.63) is 108 Å². The zero-order chi connectivity index (χ0) is 33.1. The fourth-order valence-electron chi connectivity index (χ4n) is 5.68. The van der Waals surface area contributed by atoms with Crippen molar-refractivity contribution in [1.82, 2.24) is 20.2 Å². The van der Waals surface area contributed by atoms with E-state index in [1.165, 1.54) is 15.9 Å². The molecule has 2 atom stereocenters. The minimum Gasteiger partial charge on any atom is -0.332 e. The van der Waals surface area contributed by atoms with Crippen LogP contribution in [0.15, 0.2) is 97.1 Å². The minimum absolute atomic E-state index is 0.230. The molecule has 0 aromatic heterocycles. The van der Waals surface area contributed by atoms with Crippen molar-refractivity contribution in [2.75, 3.05) is 27.2 Å². The van der Waals surface area contributed by atoms with Gasteiger partial charge in [-0.05, 0) is 61.4 Å². The van der Waals surface area contributed by atoms with E-state index in [4.69, 9.17) is 5.73 Å². The molecule has 1 heterocycles. The molecule has 0 bridgehead atoms. The highest BCUT2D eigenvalue weighted by Gasteiger charge is 2.35. The third-order valence-corrected chi connectivity index (χ3v) is 8.51. The second-order valence-corrected chi connectivity index (χ2v) is 13.0. The van der Waals surface area contributed by atoms with E-state index in [0.717, 1.165) is 54.6 Å². The number of piperidine rings is 1. The van der Waals surface area contributed by atoms with Crippen molar-refractivity contribution in [2.24, 2.45) is 5.73 Å². The first-order valence-corrected chi connectivity index (χ1v) is 16.2. The molecule has 3 amide bonds. The van der Waals surface area contributed by atoms with Gasteiger partial charge in [-0.3, -0.25) is 19.8 Å². The van der Waals surface area contributed by atoms with Gasteiger partial charge in [-0.25, -0.2) is 5.01 Å². The Bertz CT molecular complexity index is 1450. The Morgan fingerprint density at radius 2 is 1.33 bits per heavy atom. The molecule has 46 heavy (non-hydrogen) atoms. The van der Waals surface area contributed by atoms with E-state index < -0.39 is 17.6 Å². The molecule has 3 N–H and O–H groups in total. The lowest BCUT2D eigenvalue weighted by Gasteiger charge is -2.36. The molecule has 1 aliphatic rings. The maximum atomic E-state index is 14.4. The number of hydrogen-bond donors (Lipinski definition) is 2. The zero-order valence-electron chi connectivity index (χ0n) is 27.7. The van der Waals surface area contributed by atoms with Gasteiger partial charge in [0, 0.05) is 45.6 Å². The molecule has 1 saturated heterocycles. The Morgan fingerprint density at radius 3 is 1.93 bits per heavy atom. The Labute approximate surface area is 274 Å². The summed E-state index contributed by atoms with van der Waals surface area (Å²) in [6.07, 6.45) is 7.58. The van der Waals surface area contributed by atoms with Gasteiger partial charge in [0.15, 0.2) is 0 Å². The van der Waals surface area contributed by atoms with E-state index in [1.54, 1.807) is 20.2 Å². The predicted octanol–water partition coefficient (Wildman–Crippen LogP) is 4.99. The van der Waals surface area contributed by atoms with Crippen molar-refractivity contribution in [3.8, 4) is 11.1 Å². The van der Waals surface area contributed by atoms with Gasteiger partial charge in [-0.2, -0.15) is 0 Å². The van der Waals surface area contributed by atoms with Crippen molar-refractivity contribution < 1.29 is 14.4 Å². The van der Waals surface area contributed by atoms with Crippen LogP contribution in [0.2, 0.25) is 0 Å². The lowest BCUT2D eigenvalue weighted by atomic mass is 9.98. The average Bonchev–Trinajstić information content (AvgIpc) is 3.06. The number of rotatable bonds is 13. The standard InChI is InChI=1S/C38H49N5O3/c1-38(2,39)24-14-19-35(44)41(3)34(28-30-20-22-32(23-21-30)31-17-10-6-11-18-31)37(46)42(4)33(27-29-15-8-5-9-16-29)36(45)40-43-25-12-7-13-26-43/h5-6,8-11,14-23,33-34H,7,12-13,24-28,39H2,1-4H3,(H,40,45)/b19-14+/t33?,34-/m1/s1. The molecule has 8 heteroatoms. The fraction of sp³-hybridized carbons (Fsp3) is 0.395. The monoisotopic (exact) mass is 623 g/mol. The number of carbonyl (C=O) groups excluding carboxylic acids is 3. The second kappa shape index (κ2) is 16.3. The summed E-state index contributed by atoms with van der Waals surface area (Å²) in [6, 6.07) is 26.3. The summed E-state index contributed by atoms with van der Waals surface area (Å²) in [6.45, 7) is 5.36. The number of carbonyl (C=O) groups is 3. The molecular formula is C38H49N5O3. The van der Waals surface area contributed by atoms with Crippen molar-refractivity contribution >= 4 is 17.7 Å². The lowest BCUT2D eigenvalue weighted by Crippen LogP contribution is -2.58. The summed E-state index contributed by atoms with van der Waals surface area (Å²) in [4.78, 5) is 44.7. The summed E-state index contributed by atoms with van der Waals surface area (Å²) in [5.41, 5.74) is 12.8. The summed E-state index contributed by atoms with van der Waals surface area (Å²) in [5, 5.41) is 1.95. The van der Waals surface area contributed by atoms with E-state index >= 15 is 0 Å². The maximum absolute atomic E-state index is 14.4. The van der Waals surface area contributed by atoms with E-state index in [0.29, 0.717) is 19.3 Å². The molecule has 3 aromatic carbocycles. The number of likely N-dealkylation sites (N-methyl/N-ethyl adjacent to an activating group) is 2. The molecule has 4 rings (SSSR count). The van der Waals surface area contributed by atoms with Gasteiger partial charge in [0.1, 0.15) is 12.1 Å². The van der Waals surface area contributed by atoms with Crippen LogP contribution in [0.3, 0.4) is 0 Å². The molecule has 0 saturated carbocycles. The molecule has 244 valence electrons. The molecule has 0 spiro atoms. The molecule has 1 aliphatic heterocycles. The Morgan fingerprint density at radius 1 is 0.783 bits per heavy atom. The molecule has 3 aromatic rings. The maximum Gasteiger partial charge on any atom is 0.257 e. The highest BCUT2D eigenvalue weighted by Crippen LogP contribution is 2.22. The van der Waals surface area contributed by atoms with Gasteiger partial charge in [-0.1, -0.05) is 97.4 Å². The third-order valence-electron chi connectivity index (χ3n) is 8.51. The first-order chi connectivity index (χ1) is 22.0. The van der Waals surface area contributed by atoms with Crippen LogP contribution < -0.4 is 11.2 Å². The number of hydrazine groups is 1. The summed E-state index contributed by atoms with van der Waals surface area (Å²) in [5.74, 6) is -0.828. The Hall–Kier alpha value is -4.27. The average molecular weight is 624 g/mol. The topological polar surface area (TPSA) is 99.0 Å². The Balaban J connectivity index is 1.61. The van der Waals surface area contributed by atoms with Crippen molar-refractivity contribution in [1.29, 1.82) is 0 Å². The molecule has 1 unspecified atom stereocenters. The number of hydrogen-bond acceptors (Lipinski definition) is 5. The highest BCUT2D eigenvalue weighted by atomic mass is 16.2. The predicted molar refractivity (Wildman–Crippen MR) is 184 cm³/mol. The molecule has 0 radical (unpaired) electrons. The highest BCUT2D eigenvalue weighted by molar-refractivity contribution is 5.95. The lowest BCUT2D eigenvalue weighted by molar-refractivity contribution is -0.147. The zero-order valence-corrected chi connectivity index (χ0v) is 27.7. The molecule has 1 fully saturated rings. The van der Waals surface area contributed by atoms with Crippen LogP contribution in [0.4, 0.5) is 0 Å². The van der Waals surface area contributed by atoms with Gasteiger partial charge in [0.05, 0.1) is 0 Å². The third kappa shape index (κ3) is 10.1. The van der Waals surface area contributed by atoms with Crippen LogP contribution in [0.25, 0.3) is 11.1 Å². The van der Waals surface area contributed by atoms with Gasteiger partial charge in [-0.15, -0.1) is 0 Å². The SMILES string of the molecule is CN(C(=O)[C@@H](Cc1ccc(-c2ccccc2)cc1)N(C)C(=O)/C=C/CC(C)(C)N)C(Cc1ccccc1)C(=O)NN1CCCCC1. The van der Waals surface area contributed by atoms with E-state index in [1.807, 2.05) is 91.7 Å². The van der Waals surface area contributed by atoms with Crippen molar-refractivity contribution in [2.45, 2.75) is 70.0 Å². The van der Waals surface area contributed by atoms with E-state index in [-0.39, 0.29) is 17.7 Å². The van der Waals surface area contributed by atoms with Crippen LogP contribution in [0.5, 0.6) is 0 Å². The van der Waals surface area contributed by atoms with Crippen LogP contribution in [-0.2, 0) is 27.2 Å². The first-order valence-electron chi connectivity index (χ1n) is 16.2. The largest absolute Gasteiger partial charge is 0.332 e. The van der Waals surface area contributed by atoms with Crippen LogP contribution in [-0.4, -0.2) is 77.3 Å². The first kappa shape index (κ1) is 34.6.